The number of hydrogen-bond donors (Lipinski definition) is 1. The molecule has 0 aliphatic carbocycles. The molecule has 3 nitrogen and oxygen atoms in total. The zero-order valence-electron chi connectivity index (χ0n) is 9.52. The van der Waals surface area contributed by atoms with Crippen molar-refractivity contribution in [2.45, 2.75) is 30.3 Å². The van der Waals surface area contributed by atoms with Crippen LogP contribution in [0.5, 0.6) is 0 Å². The molecule has 1 saturated heterocycles. The van der Waals surface area contributed by atoms with E-state index in [-0.39, 0.29) is 6.10 Å². The number of rotatable bonds is 4. The zero-order chi connectivity index (χ0) is 12.3. The van der Waals surface area contributed by atoms with Crippen LogP contribution in [0.1, 0.15) is 19.3 Å². The third kappa shape index (κ3) is 3.44. The van der Waals surface area contributed by atoms with Gasteiger partial charge in [-0.3, -0.25) is 4.21 Å². The topological polar surface area (TPSA) is 52.3 Å². The Morgan fingerprint density at radius 2 is 2.35 bits per heavy atom. The molecule has 2 atom stereocenters. The van der Waals surface area contributed by atoms with E-state index in [1.54, 1.807) is 18.2 Å². The molecule has 1 aromatic rings. The molecule has 1 fully saturated rings. The van der Waals surface area contributed by atoms with Gasteiger partial charge in [-0.25, -0.2) is 0 Å². The highest BCUT2D eigenvalue weighted by molar-refractivity contribution is 7.85. The zero-order valence-corrected chi connectivity index (χ0v) is 11.1. The van der Waals surface area contributed by atoms with Gasteiger partial charge in [-0.2, -0.15) is 0 Å². The van der Waals surface area contributed by atoms with Gasteiger partial charge in [0, 0.05) is 23.1 Å². The van der Waals surface area contributed by atoms with Crippen LogP contribution in [0.2, 0.25) is 5.02 Å². The predicted octanol–water partition coefficient (Wildman–Crippen LogP) is 2.60. The van der Waals surface area contributed by atoms with Crippen LogP contribution in [0.15, 0.2) is 23.1 Å². The number of nitrogen functional groups attached to an aromatic ring is 1. The van der Waals surface area contributed by atoms with Gasteiger partial charge >= 0.3 is 0 Å². The van der Waals surface area contributed by atoms with Crippen molar-refractivity contribution in [3.05, 3.63) is 23.2 Å². The van der Waals surface area contributed by atoms with E-state index in [1.807, 2.05) is 0 Å². The molecule has 0 spiro atoms. The molecular weight excluding hydrogens is 258 g/mol. The largest absolute Gasteiger partial charge is 0.398 e. The number of benzene rings is 1. The molecule has 17 heavy (non-hydrogen) atoms. The molecule has 2 rings (SSSR count). The second kappa shape index (κ2) is 5.85. The molecule has 0 radical (unpaired) electrons. The van der Waals surface area contributed by atoms with Gasteiger partial charge in [-0.05, 0) is 37.5 Å². The van der Waals surface area contributed by atoms with E-state index in [1.165, 1.54) is 0 Å². The van der Waals surface area contributed by atoms with Crippen molar-refractivity contribution in [3.8, 4) is 0 Å². The second-order valence-corrected chi connectivity index (χ2v) is 6.13. The minimum atomic E-state index is -1.09. The maximum Gasteiger partial charge on any atom is 0.0632 e. The van der Waals surface area contributed by atoms with E-state index < -0.39 is 10.8 Å². The van der Waals surface area contributed by atoms with E-state index in [0.717, 1.165) is 25.9 Å². The fraction of sp³-hybridized carbons (Fsp3) is 0.500. The smallest absolute Gasteiger partial charge is 0.0632 e. The Bertz CT molecular complexity index is 419. The van der Waals surface area contributed by atoms with Crippen LogP contribution in [-0.4, -0.2) is 22.7 Å². The summed E-state index contributed by atoms with van der Waals surface area (Å²) in [6, 6.07) is 5.09. The van der Waals surface area contributed by atoms with E-state index in [2.05, 4.69) is 0 Å². The highest BCUT2D eigenvalue weighted by atomic mass is 35.5. The second-order valence-electron chi connectivity index (χ2n) is 4.16. The third-order valence-corrected chi connectivity index (χ3v) is 4.56. The summed E-state index contributed by atoms with van der Waals surface area (Å²) in [6.07, 6.45) is 3.26. The first kappa shape index (κ1) is 12.9. The normalized spacial score (nSPS) is 21.6. The fourth-order valence-electron chi connectivity index (χ4n) is 1.93. The maximum absolute atomic E-state index is 12.1. The number of hydrogen-bond acceptors (Lipinski definition) is 3. The minimum Gasteiger partial charge on any atom is -0.398 e. The first-order valence-electron chi connectivity index (χ1n) is 5.72. The van der Waals surface area contributed by atoms with Crippen LogP contribution in [0.3, 0.4) is 0 Å². The van der Waals surface area contributed by atoms with E-state index >= 15 is 0 Å². The summed E-state index contributed by atoms with van der Waals surface area (Å²) in [7, 11) is -1.09. The molecule has 5 heteroatoms. The lowest BCUT2D eigenvalue weighted by molar-refractivity contribution is 0.109. The first-order valence-corrected chi connectivity index (χ1v) is 7.41. The van der Waals surface area contributed by atoms with E-state index in [9.17, 15) is 4.21 Å². The van der Waals surface area contributed by atoms with Crippen molar-refractivity contribution >= 4 is 28.1 Å². The molecule has 0 aromatic heterocycles. The number of nitrogens with two attached hydrogens (primary N) is 1. The number of halogens is 1. The Hall–Kier alpha value is -0.580. The summed E-state index contributed by atoms with van der Waals surface area (Å²) in [4.78, 5) is 0.635. The Morgan fingerprint density at radius 3 is 3.06 bits per heavy atom. The van der Waals surface area contributed by atoms with Crippen molar-refractivity contribution in [2.24, 2.45) is 0 Å². The first-order chi connectivity index (χ1) is 8.16. The summed E-state index contributed by atoms with van der Waals surface area (Å²) in [5, 5.41) is 0.569. The van der Waals surface area contributed by atoms with Crippen molar-refractivity contribution < 1.29 is 8.95 Å². The molecule has 1 aliphatic rings. The minimum absolute atomic E-state index is 0.263. The van der Waals surface area contributed by atoms with Gasteiger partial charge in [0.25, 0.3) is 0 Å². The van der Waals surface area contributed by atoms with Gasteiger partial charge in [0.1, 0.15) is 0 Å². The van der Waals surface area contributed by atoms with Gasteiger partial charge in [-0.1, -0.05) is 11.6 Å². The summed E-state index contributed by atoms with van der Waals surface area (Å²) in [5.74, 6) is 0.579. The molecule has 1 aliphatic heterocycles. The van der Waals surface area contributed by atoms with Gasteiger partial charge in [-0.15, -0.1) is 0 Å². The van der Waals surface area contributed by atoms with E-state index in [4.69, 9.17) is 22.1 Å². The van der Waals surface area contributed by atoms with Crippen LogP contribution in [0.4, 0.5) is 5.69 Å². The molecule has 0 amide bonds. The van der Waals surface area contributed by atoms with Gasteiger partial charge < -0.3 is 10.5 Å². The molecule has 0 bridgehead atoms. The van der Waals surface area contributed by atoms with Crippen LogP contribution < -0.4 is 5.73 Å². The van der Waals surface area contributed by atoms with Gasteiger partial charge in [0.05, 0.1) is 21.8 Å². The fourth-order valence-corrected chi connectivity index (χ4v) is 3.45. The Morgan fingerprint density at radius 1 is 1.53 bits per heavy atom. The molecule has 2 unspecified atom stereocenters. The molecular formula is C12H16ClNO2S. The summed E-state index contributed by atoms with van der Waals surface area (Å²) in [6.45, 7) is 0.830. The van der Waals surface area contributed by atoms with Gasteiger partial charge in [0.2, 0.25) is 0 Å². The van der Waals surface area contributed by atoms with Crippen LogP contribution >= 0.6 is 11.6 Å². The lowest BCUT2D eigenvalue weighted by Gasteiger charge is -2.10. The molecule has 1 aromatic carbocycles. The molecule has 1 heterocycles. The standard InChI is InChI=1S/C12H16ClNO2S/c13-9-3-4-11(14)12(8-9)17(15)7-5-10-2-1-6-16-10/h3-4,8,10H,1-2,5-7,14H2. The number of ether oxygens (including phenoxy) is 1. The Labute approximate surface area is 109 Å². The average Bonchev–Trinajstić information content (AvgIpc) is 2.82. The highest BCUT2D eigenvalue weighted by Gasteiger charge is 2.17. The predicted molar refractivity (Wildman–Crippen MR) is 70.7 cm³/mol. The van der Waals surface area contributed by atoms with Gasteiger partial charge in [0.15, 0.2) is 0 Å². The maximum atomic E-state index is 12.1. The Kier molecular flexibility index (Phi) is 4.42. The Balaban J connectivity index is 1.96. The van der Waals surface area contributed by atoms with E-state index in [0.29, 0.717) is 21.4 Å². The highest BCUT2D eigenvalue weighted by Crippen LogP contribution is 2.23. The van der Waals surface area contributed by atoms with Crippen LogP contribution in [-0.2, 0) is 15.5 Å². The van der Waals surface area contributed by atoms with Crippen LogP contribution in [0, 0.1) is 0 Å². The van der Waals surface area contributed by atoms with Crippen molar-refractivity contribution in [1.82, 2.24) is 0 Å². The van der Waals surface area contributed by atoms with Crippen LogP contribution in [0.25, 0.3) is 0 Å². The SMILES string of the molecule is Nc1ccc(Cl)cc1S(=O)CCC1CCCO1. The lowest BCUT2D eigenvalue weighted by Crippen LogP contribution is -2.11. The quantitative estimate of drug-likeness (QED) is 0.858. The third-order valence-electron chi connectivity index (χ3n) is 2.87. The van der Waals surface area contributed by atoms with Crippen molar-refractivity contribution in [2.75, 3.05) is 18.1 Å². The monoisotopic (exact) mass is 273 g/mol. The lowest BCUT2D eigenvalue weighted by atomic mass is 10.2. The molecule has 2 N–H and O–H groups in total. The number of anilines is 1. The molecule has 94 valence electrons. The average molecular weight is 274 g/mol. The van der Waals surface area contributed by atoms with Crippen molar-refractivity contribution in [3.63, 3.8) is 0 Å². The summed E-state index contributed by atoms with van der Waals surface area (Å²) in [5.41, 5.74) is 6.33. The summed E-state index contributed by atoms with van der Waals surface area (Å²) >= 11 is 5.87. The summed E-state index contributed by atoms with van der Waals surface area (Å²) < 4.78 is 17.6. The van der Waals surface area contributed by atoms with Crippen molar-refractivity contribution in [1.29, 1.82) is 0 Å². The molecule has 0 saturated carbocycles.